The molecular weight excluding hydrogens is 473 g/mol. The molecule has 0 fully saturated rings. The van der Waals surface area contributed by atoms with E-state index >= 15 is 0 Å². The molecule has 0 aliphatic carbocycles. The average Bonchev–Trinajstić information content (AvgIpc) is 3.16. The highest BCUT2D eigenvalue weighted by Gasteiger charge is 2.20. The Labute approximate surface area is 206 Å². The number of aryl methyl sites for hydroxylation is 1. The number of rotatable bonds is 8. The van der Waals surface area contributed by atoms with E-state index in [4.69, 9.17) is 11.6 Å². The number of aromatic nitrogens is 3. The van der Waals surface area contributed by atoms with E-state index in [0.29, 0.717) is 45.1 Å². The SMILES string of the molecule is CN(C)CCN(C)c1ccc(Nc2ncc(Cl)c(-c3cn(C)c4c(F)cccc34)n2)cc1[N+](=O)[O-]. The van der Waals surface area contributed by atoms with Gasteiger partial charge in [0.15, 0.2) is 0 Å². The molecule has 0 amide bonds. The van der Waals surface area contributed by atoms with Crippen molar-refractivity contribution in [2.24, 2.45) is 7.05 Å². The second-order valence-corrected chi connectivity index (χ2v) is 8.90. The first-order valence-electron chi connectivity index (χ1n) is 10.8. The Kier molecular flexibility index (Phi) is 6.86. The Bertz CT molecular complexity index is 1410. The van der Waals surface area contributed by atoms with Crippen molar-refractivity contribution in [2.75, 3.05) is 44.4 Å². The molecule has 0 bridgehead atoms. The molecule has 35 heavy (non-hydrogen) atoms. The minimum absolute atomic E-state index is 0.0324. The fraction of sp³-hybridized carbons (Fsp3) is 0.250. The molecule has 9 nitrogen and oxygen atoms in total. The standard InChI is InChI=1S/C24H25ClFN7O2/c1-30(2)10-11-31(3)20-9-8-15(12-21(20)33(34)35)28-24-27-13-18(25)22(29-24)17-14-32(4)23-16(17)6-5-7-19(23)26/h5-9,12-14H,10-11H2,1-4H3,(H,27,28,29). The molecule has 0 radical (unpaired) electrons. The Morgan fingerprint density at radius 3 is 2.69 bits per heavy atom. The van der Waals surface area contributed by atoms with Gasteiger partial charge in [0.05, 0.1) is 27.4 Å². The number of nitrogens with zero attached hydrogens (tertiary/aromatic N) is 6. The molecule has 0 saturated heterocycles. The van der Waals surface area contributed by atoms with Gasteiger partial charge in [0.1, 0.15) is 11.5 Å². The normalized spacial score (nSPS) is 11.3. The van der Waals surface area contributed by atoms with Gasteiger partial charge in [0, 0.05) is 56.1 Å². The number of para-hydroxylation sites is 1. The van der Waals surface area contributed by atoms with Crippen molar-refractivity contribution in [3.8, 4) is 11.3 Å². The monoisotopic (exact) mass is 497 g/mol. The molecule has 182 valence electrons. The molecular formula is C24H25ClFN7O2. The molecule has 0 unspecified atom stereocenters. The maximum absolute atomic E-state index is 14.4. The molecule has 2 heterocycles. The molecule has 2 aromatic heterocycles. The average molecular weight is 498 g/mol. The van der Waals surface area contributed by atoms with Crippen LogP contribution in [-0.4, -0.2) is 58.6 Å². The summed E-state index contributed by atoms with van der Waals surface area (Å²) in [4.78, 5) is 24.0. The number of hydrogen-bond donors (Lipinski definition) is 1. The lowest BCUT2D eigenvalue weighted by molar-refractivity contribution is -0.384. The summed E-state index contributed by atoms with van der Waals surface area (Å²) in [5.41, 5.74) is 2.46. The van der Waals surface area contributed by atoms with Gasteiger partial charge < -0.3 is 19.7 Å². The van der Waals surface area contributed by atoms with Crippen LogP contribution in [0.4, 0.5) is 27.4 Å². The number of anilines is 3. The third-order valence-corrected chi connectivity index (χ3v) is 5.95. The summed E-state index contributed by atoms with van der Waals surface area (Å²) >= 11 is 6.40. The number of likely N-dealkylation sites (N-methyl/N-ethyl adjacent to an activating group) is 2. The summed E-state index contributed by atoms with van der Waals surface area (Å²) in [6.45, 7) is 1.39. The maximum atomic E-state index is 14.4. The van der Waals surface area contributed by atoms with Gasteiger partial charge in [0.25, 0.3) is 5.69 Å². The minimum Gasteiger partial charge on any atom is -0.368 e. The topological polar surface area (TPSA) is 92.4 Å². The Morgan fingerprint density at radius 1 is 1.20 bits per heavy atom. The number of nitro groups is 1. The third-order valence-electron chi connectivity index (χ3n) is 5.67. The summed E-state index contributed by atoms with van der Waals surface area (Å²) < 4.78 is 16.0. The van der Waals surface area contributed by atoms with Crippen molar-refractivity contribution in [1.82, 2.24) is 19.4 Å². The van der Waals surface area contributed by atoms with Crippen LogP contribution >= 0.6 is 11.6 Å². The van der Waals surface area contributed by atoms with Crippen LogP contribution in [0.1, 0.15) is 0 Å². The predicted molar refractivity (Wildman–Crippen MR) is 137 cm³/mol. The fourth-order valence-corrected chi connectivity index (χ4v) is 4.09. The minimum atomic E-state index is -0.411. The van der Waals surface area contributed by atoms with Gasteiger partial charge in [-0.05, 0) is 32.3 Å². The largest absolute Gasteiger partial charge is 0.368 e. The zero-order valence-electron chi connectivity index (χ0n) is 19.8. The van der Waals surface area contributed by atoms with E-state index in [2.05, 4.69) is 15.3 Å². The molecule has 4 aromatic rings. The van der Waals surface area contributed by atoms with Gasteiger partial charge >= 0.3 is 0 Å². The highest BCUT2D eigenvalue weighted by molar-refractivity contribution is 6.33. The fourth-order valence-electron chi connectivity index (χ4n) is 3.89. The van der Waals surface area contributed by atoms with Crippen LogP contribution in [-0.2, 0) is 7.05 Å². The van der Waals surface area contributed by atoms with Crippen molar-refractivity contribution in [2.45, 2.75) is 0 Å². The van der Waals surface area contributed by atoms with E-state index in [1.165, 1.54) is 18.3 Å². The lowest BCUT2D eigenvalue weighted by Gasteiger charge is -2.21. The van der Waals surface area contributed by atoms with Gasteiger partial charge in [-0.3, -0.25) is 10.1 Å². The van der Waals surface area contributed by atoms with E-state index in [-0.39, 0.29) is 17.5 Å². The molecule has 0 saturated carbocycles. The zero-order chi connectivity index (χ0) is 25.3. The van der Waals surface area contributed by atoms with Crippen LogP contribution in [0.25, 0.3) is 22.2 Å². The number of benzene rings is 2. The quantitative estimate of drug-likeness (QED) is 0.268. The molecule has 0 spiro atoms. The van der Waals surface area contributed by atoms with Crippen LogP contribution in [0.5, 0.6) is 0 Å². The van der Waals surface area contributed by atoms with Crippen molar-refractivity contribution >= 4 is 45.5 Å². The summed E-state index contributed by atoms with van der Waals surface area (Å²) in [7, 11) is 7.47. The third kappa shape index (κ3) is 5.03. The zero-order valence-corrected chi connectivity index (χ0v) is 20.5. The lowest BCUT2D eigenvalue weighted by atomic mass is 10.1. The smallest absolute Gasteiger partial charge is 0.294 e. The van der Waals surface area contributed by atoms with Crippen molar-refractivity contribution in [3.63, 3.8) is 0 Å². The van der Waals surface area contributed by atoms with E-state index < -0.39 is 4.92 Å². The highest BCUT2D eigenvalue weighted by atomic mass is 35.5. The van der Waals surface area contributed by atoms with Gasteiger partial charge in [-0.15, -0.1) is 0 Å². The Morgan fingerprint density at radius 2 is 1.97 bits per heavy atom. The lowest BCUT2D eigenvalue weighted by Crippen LogP contribution is -2.28. The first-order chi connectivity index (χ1) is 16.7. The predicted octanol–water partition coefficient (Wildman–Crippen LogP) is 5.08. The molecule has 0 aliphatic rings. The maximum Gasteiger partial charge on any atom is 0.294 e. The van der Waals surface area contributed by atoms with Crippen molar-refractivity contribution in [1.29, 1.82) is 0 Å². The van der Waals surface area contributed by atoms with Crippen LogP contribution in [0, 0.1) is 15.9 Å². The van der Waals surface area contributed by atoms with Crippen molar-refractivity contribution < 1.29 is 9.31 Å². The van der Waals surface area contributed by atoms with E-state index in [1.807, 2.05) is 30.9 Å². The number of nitrogens with one attached hydrogen (secondary N) is 1. The summed E-state index contributed by atoms with van der Waals surface area (Å²) in [5, 5.41) is 15.8. The van der Waals surface area contributed by atoms with Crippen LogP contribution in [0.15, 0.2) is 48.8 Å². The molecule has 2 aromatic carbocycles. The second-order valence-electron chi connectivity index (χ2n) is 8.49. The highest BCUT2D eigenvalue weighted by Crippen LogP contribution is 2.35. The van der Waals surface area contributed by atoms with Crippen LogP contribution in [0.2, 0.25) is 5.02 Å². The second kappa shape index (κ2) is 9.85. The molecule has 1 N–H and O–H groups in total. The first kappa shape index (κ1) is 24.4. The number of nitro benzene ring substituents is 1. The van der Waals surface area contributed by atoms with E-state index in [0.717, 1.165) is 6.54 Å². The Balaban J connectivity index is 1.67. The van der Waals surface area contributed by atoms with E-state index in [9.17, 15) is 14.5 Å². The van der Waals surface area contributed by atoms with Gasteiger partial charge in [-0.2, -0.15) is 0 Å². The van der Waals surface area contributed by atoms with Crippen molar-refractivity contribution in [3.05, 3.63) is 69.7 Å². The van der Waals surface area contributed by atoms with Gasteiger partial charge in [-0.25, -0.2) is 14.4 Å². The first-order valence-corrected chi connectivity index (χ1v) is 11.2. The van der Waals surface area contributed by atoms with E-state index in [1.54, 1.807) is 42.1 Å². The molecule has 0 atom stereocenters. The number of hydrogen-bond acceptors (Lipinski definition) is 7. The summed E-state index contributed by atoms with van der Waals surface area (Å²) in [6, 6.07) is 9.71. The van der Waals surface area contributed by atoms with Crippen LogP contribution < -0.4 is 10.2 Å². The van der Waals surface area contributed by atoms with Gasteiger partial charge in [-0.1, -0.05) is 23.7 Å². The summed E-state index contributed by atoms with van der Waals surface area (Å²) in [6.07, 6.45) is 3.21. The Hall–Kier alpha value is -3.76. The molecule has 0 aliphatic heterocycles. The molecule has 11 heteroatoms. The molecule has 4 rings (SSSR count). The summed E-state index contributed by atoms with van der Waals surface area (Å²) in [5.74, 6) is -0.136. The number of halogens is 2. The van der Waals surface area contributed by atoms with Crippen LogP contribution in [0.3, 0.4) is 0 Å². The van der Waals surface area contributed by atoms with Gasteiger partial charge in [0.2, 0.25) is 5.95 Å². The number of fused-ring (bicyclic) bond motifs is 1.